The van der Waals surface area contributed by atoms with E-state index in [1.807, 2.05) is 19.2 Å². The zero-order valence-electron chi connectivity index (χ0n) is 9.49. The molecule has 1 atom stereocenters. The molecule has 0 aliphatic rings. The summed E-state index contributed by atoms with van der Waals surface area (Å²) in [6, 6.07) is 8.32. The first kappa shape index (κ1) is 12.0. The molecule has 1 unspecified atom stereocenters. The highest BCUT2D eigenvalue weighted by atomic mass is 16.5. The van der Waals surface area contributed by atoms with Crippen LogP contribution >= 0.6 is 0 Å². The Hall–Kier alpha value is -1.06. The number of nitrogens with one attached hydrogen (secondary N) is 1. The third-order valence-corrected chi connectivity index (χ3v) is 2.34. The van der Waals surface area contributed by atoms with Crippen LogP contribution in [0.15, 0.2) is 24.3 Å². The smallest absolute Gasteiger partial charge is 0.119 e. The average Bonchev–Trinajstić information content (AvgIpc) is 2.29. The van der Waals surface area contributed by atoms with Crippen molar-refractivity contribution in [3.63, 3.8) is 0 Å². The molecular formula is C12H20N2O. The van der Waals surface area contributed by atoms with Gasteiger partial charge in [0.1, 0.15) is 5.75 Å². The van der Waals surface area contributed by atoms with Crippen LogP contribution < -0.4 is 15.8 Å². The maximum atomic E-state index is 5.64. The molecule has 0 fully saturated rings. The average molecular weight is 208 g/mol. The molecule has 0 radical (unpaired) electrons. The third kappa shape index (κ3) is 3.53. The molecule has 0 aromatic heterocycles. The minimum atomic E-state index is 0.227. The van der Waals surface area contributed by atoms with Crippen LogP contribution in [0.2, 0.25) is 0 Å². The van der Waals surface area contributed by atoms with E-state index < -0.39 is 0 Å². The van der Waals surface area contributed by atoms with Gasteiger partial charge >= 0.3 is 0 Å². The van der Waals surface area contributed by atoms with Crippen molar-refractivity contribution in [2.75, 3.05) is 20.2 Å². The second-order valence-electron chi connectivity index (χ2n) is 3.49. The molecule has 1 aromatic rings. The maximum Gasteiger partial charge on any atom is 0.119 e. The summed E-state index contributed by atoms with van der Waals surface area (Å²) in [7, 11) is 1.92. The molecule has 3 heteroatoms. The Morgan fingerprint density at radius 1 is 1.33 bits per heavy atom. The second kappa shape index (κ2) is 6.43. The standard InChI is InChI=1S/C12H20N2O/c1-3-8-15-11-6-4-10(5-7-11)12(9-13)14-2/h4-7,12,14H,3,8-9,13H2,1-2H3. The molecule has 15 heavy (non-hydrogen) atoms. The Kier molecular flexibility index (Phi) is 5.15. The summed E-state index contributed by atoms with van der Waals surface area (Å²) in [5.74, 6) is 0.924. The van der Waals surface area contributed by atoms with E-state index >= 15 is 0 Å². The molecule has 3 nitrogen and oxygen atoms in total. The van der Waals surface area contributed by atoms with Crippen LogP contribution in [-0.2, 0) is 0 Å². The Bertz CT molecular complexity index is 267. The molecule has 0 heterocycles. The van der Waals surface area contributed by atoms with Crippen LogP contribution in [0, 0.1) is 0 Å². The Morgan fingerprint density at radius 2 is 2.00 bits per heavy atom. The molecular weight excluding hydrogens is 188 g/mol. The number of hydrogen-bond donors (Lipinski definition) is 2. The number of rotatable bonds is 6. The van der Waals surface area contributed by atoms with Crippen molar-refractivity contribution in [2.45, 2.75) is 19.4 Å². The van der Waals surface area contributed by atoms with Gasteiger partial charge in [0.15, 0.2) is 0 Å². The lowest BCUT2D eigenvalue weighted by molar-refractivity contribution is 0.317. The van der Waals surface area contributed by atoms with E-state index in [1.54, 1.807) is 0 Å². The van der Waals surface area contributed by atoms with E-state index in [9.17, 15) is 0 Å². The highest BCUT2D eigenvalue weighted by molar-refractivity contribution is 5.29. The lowest BCUT2D eigenvalue weighted by atomic mass is 10.1. The summed E-state index contributed by atoms with van der Waals surface area (Å²) < 4.78 is 5.51. The van der Waals surface area contributed by atoms with Gasteiger partial charge in [0.05, 0.1) is 6.61 Å². The molecule has 0 spiro atoms. The van der Waals surface area contributed by atoms with E-state index in [-0.39, 0.29) is 6.04 Å². The van der Waals surface area contributed by atoms with Crippen molar-refractivity contribution in [1.82, 2.24) is 5.32 Å². The van der Waals surface area contributed by atoms with Crippen molar-refractivity contribution in [2.24, 2.45) is 5.73 Å². The fraction of sp³-hybridized carbons (Fsp3) is 0.500. The maximum absolute atomic E-state index is 5.64. The van der Waals surface area contributed by atoms with Crippen LogP contribution in [0.1, 0.15) is 24.9 Å². The molecule has 0 amide bonds. The SMILES string of the molecule is CCCOc1ccc(C(CN)NC)cc1. The number of ether oxygens (including phenoxy) is 1. The van der Waals surface area contributed by atoms with Gasteiger partial charge in [-0.1, -0.05) is 19.1 Å². The lowest BCUT2D eigenvalue weighted by Gasteiger charge is -2.14. The quantitative estimate of drug-likeness (QED) is 0.748. The lowest BCUT2D eigenvalue weighted by Crippen LogP contribution is -2.24. The Balaban J connectivity index is 2.62. The monoisotopic (exact) mass is 208 g/mol. The van der Waals surface area contributed by atoms with Gasteiger partial charge in [-0.3, -0.25) is 0 Å². The van der Waals surface area contributed by atoms with Crippen LogP contribution in [0.5, 0.6) is 5.75 Å². The predicted molar refractivity (Wildman–Crippen MR) is 63.1 cm³/mol. The topological polar surface area (TPSA) is 47.3 Å². The molecule has 1 rings (SSSR count). The summed E-state index contributed by atoms with van der Waals surface area (Å²) in [5, 5.41) is 3.16. The molecule has 3 N–H and O–H groups in total. The van der Waals surface area contributed by atoms with Gasteiger partial charge in [-0.05, 0) is 31.2 Å². The van der Waals surface area contributed by atoms with Gasteiger partial charge in [0, 0.05) is 12.6 Å². The van der Waals surface area contributed by atoms with Crippen molar-refractivity contribution < 1.29 is 4.74 Å². The molecule has 0 bridgehead atoms. The second-order valence-corrected chi connectivity index (χ2v) is 3.49. The van der Waals surface area contributed by atoms with Gasteiger partial charge in [-0.2, -0.15) is 0 Å². The van der Waals surface area contributed by atoms with Gasteiger partial charge < -0.3 is 15.8 Å². The summed E-state index contributed by atoms with van der Waals surface area (Å²) in [4.78, 5) is 0. The zero-order chi connectivity index (χ0) is 11.1. The zero-order valence-corrected chi connectivity index (χ0v) is 9.49. The summed E-state index contributed by atoms with van der Waals surface area (Å²) in [6.45, 7) is 3.47. The Labute approximate surface area is 91.6 Å². The number of benzene rings is 1. The fourth-order valence-electron chi connectivity index (χ4n) is 1.44. The fourth-order valence-corrected chi connectivity index (χ4v) is 1.44. The Morgan fingerprint density at radius 3 is 2.47 bits per heavy atom. The van der Waals surface area contributed by atoms with Crippen molar-refractivity contribution >= 4 is 0 Å². The minimum Gasteiger partial charge on any atom is -0.494 e. The van der Waals surface area contributed by atoms with Gasteiger partial charge in [-0.25, -0.2) is 0 Å². The predicted octanol–water partition coefficient (Wildman–Crippen LogP) is 1.69. The van der Waals surface area contributed by atoms with Crippen molar-refractivity contribution in [3.05, 3.63) is 29.8 Å². The van der Waals surface area contributed by atoms with Crippen LogP contribution in [0.3, 0.4) is 0 Å². The van der Waals surface area contributed by atoms with Crippen molar-refractivity contribution in [1.29, 1.82) is 0 Å². The first-order valence-electron chi connectivity index (χ1n) is 5.42. The molecule has 84 valence electrons. The summed E-state index contributed by atoms with van der Waals surface area (Å²) in [6.07, 6.45) is 1.03. The van der Waals surface area contributed by atoms with E-state index in [0.717, 1.165) is 18.8 Å². The first-order chi connectivity index (χ1) is 7.31. The first-order valence-corrected chi connectivity index (χ1v) is 5.42. The van der Waals surface area contributed by atoms with E-state index in [2.05, 4.69) is 24.4 Å². The highest BCUT2D eigenvalue weighted by Gasteiger charge is 2.05. The summed E-state index contributed by atoms with van der Waals surface area (Å²) >= 11 is 0. The van der Waals surface area contributed by atoms with Gasteiger partial charge in [-0.15, -0.1) is 0 Å². The van der Waals surface area contributed by atoms with E-state index in [4.69, 9.17) is 10.5 Å². The number of hydrogen-bond acceptors (Lipinski definition) is 3. The normalized spacial score (nSPS) is 12.5. The van der Waals surface area contributed by atoms with Crippen LogP contribution in [-0.4, -0.2) is 20.2 Å². The van der Waals surface area contributed by atoms with Gasteiger partial charge in [0.2, 0.25) is 0 Å². The molecule has 0 aliphatic carbocycles. The largest absolute Gasteiger partial charge is 0.494 e. The minimum absolute atomic E-state index is 0.227. The van der Waals surface area contributed by atoms with Crippen LogP contribution in [0.25, 0.3) is 0 Å². The van der Waals surface area contributed by atoms with E-state index in [0.29, 0.717) is 6.54 Å². The van der Waals surface area contributed by atoms with Gasteiger partial charge in [0.25, 0.3) is 0 Å². The van der Waals surface area contributed by atoms with E-state index in [1.165, 1.54) is 5.56 Å². The number of nitrogens with two attached hydrogens (primary N) is 1. The third-order valence-electron chi connectivity index (χ3n) is 2.34. The summed E-state index contributed by atoms with van der Waals surface area (Å²) in [5.41, 5.74) is 6.84. The van der Waals surface area contributed by atoms with Crippen LogP contribution in [0.4, 0.5) is 0 Å². The molecule has 0 aliphatic heterocycles. The number of likely N-dealkylation sites (N-methyl/N-ethyl adjacent to an activating group) is 1. The molecule has 1 aromatic carbocycles. The molecule has 0 saturated carbocycles. The highest BCUT2D eigenvalue weighted by Crippen LogP contribution is 2.17. The molecule has 0 saturated heterocycles. The van der Waals surface area contributed by atoms with Crippen molar-refractivity contribution in [3.8, 4) is 5.75 Å².